The summed E-state index contributed by atoms with van der Waals surface area (Å²) < 4.78 is 28.3. The first kappa shape index (κ1) is 16.1. The van der Waals surface area contributed by atoms with Crippen LogP contribution in [0.4, 0.5) is 0 Å². The molecule has 0 amide bonds. The fourth-order valence-corrected chi connectivity index (χ4v) is 2.58. The number of fused-ring (bicyclic) bond motifs is 1. The van der Waals surface area contributed by atoms with Gasteiger partial charge in [0.15, 0.2) is 11.5 Å². The molecule has 7 heteroatoms. The van der Waals surface area contributed by atoms with Gasteiger partial charge in [0.25, 0.3) is 0 Å². The monoisotopic (exact) mass is 320 g/mol. The van der Waals surface area contributed by atoms with Crippen LogP contribution in [0.15, 0.2) is 12.1 Å². The third-order valence-electron chi connectivity index (χ3n) is 4.63. The Morgan fingerprint density at radius 3 is 2.17 bits per heavy atom. The van der Waals surface area contributed by atoms with Gasteiger partial charge in [-0.25, -0.2) is 4.79 Å². The summed E-state index contributed by atoms with van der Waals surface area (Å²) in [5.41, 5.74) is 0.135. The first-order valence-corrected chi connectivity index (χ1v) is 7.63. The molecule has 1 fully saturated rings. The highest BCUT2D eigenvalue weighted by atomic mass is 16.7. The van der Waals surface area contributed by atoms with Crippen molar-refractivity contribution < 1.29 is 28.3 Å². The first-order chi connectivity index (χ1) is 10.8. The Bertz CT molecular complexity index is 624. The molecule has 0 aliphatic carbocycles. The van der Waals surface area contributed by atoms with Crippen LogP contribution in [0, 0.1) is 0 Å². The molecular formula is C16H21BO6. The zero-order valence-electron chi connectivity index (χ0n) is 14.1. The van der Waals surface area contributed by atoms with Gasteiger partial charge in [-0.3, -0.25) is 0 Å². The van der Waals surface area contributed by atoms with Crippen molar-refractivity contribution in [2.24, 2.45) is 0 Å². The predicted molar refractivity (Wildman–Crippen MR) is 84.5 cm³/mol. The summed E-state index contributed by atoms with van der Waals surface area (Å²) in [4.78, 5) is 11.9. The minimum atomic E-state index is -0.581. The average Bonchev–Trinajstić information content (AvgIpc) is 2.73. The topological polar surface area (TPSA) is 63.2 Å². The molecule has 2 aliphatic heterocycles. The summed E-state index contributed by atoms with van der Waals surface area (Å²) >= 11 is 0. The maximum Gasteiger partial charge on any atom is 0.498 e. The number of benzene rings is 1. The van der Waals surface area contributed by atoms with Crippen molar-refractivity contribution in [1.29, 1.82) is 0 Å². The zero-order valence-corrected chi connectivity index (χ0v) is 14.1. The molecule has 0 bridgehead atoms. The molecule has 1 aromatic rings. The van der Waals surface area contributed by atoms with Gasteiger partial charge in [0, 0.05) is 5.46 Å². The van der Waals surface area contributed by atoms with Gasteiger partial charge in [0.2, 0.25) is 0 Å². The smallest absolute Gasteiger partial charge is 0.486 e. The van der Waals surface area contributed by atoms with E-state index in [1.807, 2.05) is 27.7 Å². The number of carbonyl (C=O) groups is 1. The van der Waals surface area contributed by atoms with Crippen molar-refractivity contribution in [2.75, 3.05) is 20.3 Å². The summed E-state index contributed by atoms with van der Waals surface area (Å²) in [6.07, 6.45) is 0. The molecule has 3 rings (SSSR count). The molecule has 2 aliphatic rings. The van der Waals surface area contributed by atoms with Gasteiger partial charge < -0.3 is 23.5 Å². The van der Waals surface area contributed by atoms with Gasteiger partial charge in [0.1, 0.15) is 18.8 Å². The van der Waals surface area contributed by atoms with E-state index in [1.165, 1.54) is 7.11 Å². The van der Waals surface area contributed by atoms with Crippen LogP contribution in [0.25, 0.3) is 0 Å². The summed E-state index contributed by atoms with van der Waals surface area (Å²) in [5, 5.41) is 0. The molecule has 0 unspecified atom stereocenters. The Kier molecular flexibility index (Phi) is 3.81. The normalized spacial score (nSPS) is 21.2. The van der Waals surface area contributed by atoms with Crippen molar-refractivity contribution in [1.82, 2.24) is 0 Å². The number of hydrogen-bond donors (Lipinski definition) is 0. The van der Waals surface area contributed by atoms with Gasteiger partial charge in [-0.1, -0.05) is 6.07 Å². The van der Waals surface area contributed by atoms with Crippen LogP contribution in [-0.4, -0.2) is 44.6 Å². The van der Waals surface area contributed by atoms with E-state index < -0.39 is 24.3 Å². The molecule has 124 valence electrons. The van der Waals surface area contributed by atoms with Gasteiger partial charge in [-0.15, -0.1) is 0 Å². The minimum absolute atomic E-state index is 0.336. The van der Waals surface area contributed by atoms with Gasteiger partial charge in [-0.2, -0.15) is 0 Å². The summed E-state index contributed by atoms with van der Waals surface area (Å²) in [6, 6.07) is 3.42. The van der Waals surface area contributed by atoms with Gasteiger partial charge in [0.05, 0.1) is 18.3 Å². The number of ether oxygens (including phenoxy) is 3. The third-order valence-corrected chi connectivity index (χ3v) is 4.63. The number of rotatable bonds is 2. The molecule has 0 aromatic heterocycles. The van der Waals surface area contributed by atoms with E-state index >= 15 is 0 Å². The maximum atomic E-state index is 11.9. The quantitative estimate of drug-likeness (QED) is 0.608. The highest BCUT2D eigenvalue weighted by Gasteiger charge is 2.53. The number of hydrogen-bond acceptors (Lipinski definition) is 6. The van der Waals surface area contributed by atoms with Crippen molar-refractivity contribution in [3.63, 3.8) is 0 Å². The van der Waals surface area contributed by atoms with Crippen LogP contribution >= 0.6 is 0 Å². The lowest BCUT2D eigenvalue weighted by Crippen LogP contribution is -2.41. The fraction of sp³-hybridized carbons (Fsp3) is 0.562. The molecule has 0 atom stereocenters. The summed E-state index contributed by atoms with van der Waals surface area (Å²) in [5.74, 6) is 0.403. The summed E-state index contributed by atoms with van der Waals surface area (Å²) in [6.45, 7) is 8.73. The van der Waals surface area contributed by atoms with Crippen molar-refractivity contribution in [3.05, 3.63) is 17.7 Å². The molecule has 0 spiro atoms. The third kappa shape index (κ3) is 2.58. The molecular weight excluding hydrogens is 299 g/mol. The second kappa shape index (κ2) is 5.42. The van der Waals surface area contributed by atoms with E-state index in [0.29, 0.717) is 35.7 Å². The molecule has 0 N–H and O–H groups in total. The predicted octanol–water partition coefficient (Wildman–Crippen LogP) is 1.54. The van der Waals surface area contributed by atoms with Crippen LogP contribution in [0.3, 0.4) is 0 Å². The molecule has 1 aromatic carbocycles. The highest BCUT2D eigenvalue weighted by molar-refractivity contribution is 6.63. The number of methoxy groups -OCH3 is 1. The van der Waals surface area contributed by atoms with Crippen LogP contribution in [0.1, 0.15) is 38.1 Å². The Morgan fingerprint density at radius 1 is 1.04 bits per heavy atom. The fourth-order valence-electron chi connectivity index (χ4n) is 2.58. The van der Waals surface area contributed by atoms with E-state index in [1.54, 1.807) is 12.1 Å². The minimum Gasteiger partial charge on any atom is -0.486 e. The molecule has 6 nitrogen and oxygen atoms in total. The first-order valence-electron chi connectivity index (χ1n) is 7.63. The van der Waals surface area contributed by atoms with Crippen molar-refractivity contribution >= 4 is 18.6 Å². The van der Waals surface area contributed by atoms with E-state index in [4.69, 9.17) is 23.5 Å². The second-order valence-corrected chi connectivity index (χ2v) is 6.64. The van der Waals surface area contributed by atoms with Crippen molar-refractivity contribution in [2.45, 2.75) is 38.9 Å². The van der Waals surface area contributed by atoms with Crippen LogP contribution in [-0.2, 0) is 14.0 Å². The van der Waals surface area contributed by atoms with Crippen LogP contribution in [0.5, 0.6) is 11.5 Å². The lowest BCUT2D eigenvalue weighted by Gasteiger charge is -2.32. The van der Waals surface area contributed by atoms with E-state index in [-0.39, 0.29) is 0 Å². The molecule has 23 heavy (non-hydrogen) atoms. The van der Waals surface area contributed by atoms with E-state index in [9.17, 15) is 4.79 Å². The van der Waals surface area contributed by atoms with Crippen LogP contribution < -0.4 is 14.9 Å². The highest BCUT2D eigenvalue weighted by Crippen LogP contribution is 2.39. The van der Waals surface area contributed by atoms with E-state index in [0.717, 1.165) is 0 Å². The molecule has 0 saturated carbocycles. The standard InChI is InChI=1S/C16H21BO6/c1-15(2)16(3,4)23-17(22-15)11-7-6-10(14(18)19-5)12-13(11)21-9-8-20-12/h6-7H,8-9H2,1-5H3. The molecule has 0 radical (unpaired) electrons. The van der Waals surface area contributed by atoms with E-state index in [2.05, 4.69) is 0 Å². The maximum absolute atomic E-state index is 11.9. The molecule has 1 saturated heterocycles. The largest absolute Gasteiger partial charge is 0.498 e. The Balaban J connectivity index is 2.03. The number of carbonyl (C=O) groups excluding carboxylic acids is 1. The van der Waals surface area contributed by atoms with Crippen LogP contribution in [0.2, 0.25) is 0 Å². The zero-order chi connectivity index (χ0) is 16.8. The molecule has 2 heterocycles. The average molecular weight is 320 g/mol. The van der Waals surface area contributed by atoms with Crippen molar-refractivity contribution in [3.8, 4) is 11.5 Å². The Morgan fingerprint density at radius 2 is 1.61 bits per heavy atom. The second-order valence-electron chi connectivity index (χ2n) is 6.64. The van der Waals surface area contributed by atoms with Gasteiger partial charge in [-0.05, 0) is 33.8 Å². The Hall–Kier alpha value is -1.73. The lowest BCUT2D eigenvalue weighted by molar-refractivity contribution is 0.00578. The van der Waals surface area contributed by atoms with Gasteiger partial charge >= 0.3 is 13.1 Å². The SMILES string of the molecule is COC(=O)c1ccc(B2OC(C)(C)C(C)(C)O2)c2c1OCCO2. The number of esters is 1. The Labute approximate surface area is 136 Å². The lowest BCUT2D eigenvalue weighted by atomic mass is 9.77. The summed E-state index contributed by atoms with van der Waals surface area (Å²) in [7, 11) is 0.753.